The lowest BCUT2D eigenvalue weighted by molar-refractivity contribution is -0.385. The number of hydrogen-bond donors (Lipinski definition) is 2. The molecule has 0 spiro atoms. The molecule has 0 aliphatic heterocycles. The number of alkyl halides is 2. The maximum Gasteiger partial charge on any atom is 0.287 e. The van der Waals surface area contributed by atoms with Crippen LogP contribution in [0, 0.1) is 17.0 Å². The van der Waals surface area contributed by atoms with E-state index in [1.54, 1.807) is 6.92 Å². The van der Waals surface area contributed by atoms with E-state index in [0.29, 0.717) is 5.56 Å². The van der Waals surface area contributed by atoms with Crippen molar-refractivity contribution in [1.29, 1.82) is 0 Å². The summed E-state index contributed by atoms with van der Waals surface area (Å²) < 4.78 is 25.7. The largest absolute Gasteiger partial charge is 0.364 e. The van der Waals surface area contributed by atoms with E-state index in [1.165, 1.54) is 6.07 Å². The fraction of sp³-hybridized carbons (Fsp3) is 0.444. The van der Waals surface area contributed by atoms with Gasteiger partial charge >= 0.3 is 0 Å². The third-order valence-corrected chi connectivity index (χ3v) is 2.09. The molecule has 1 aromatic heterocycles. The van der Waals surface area contributed by atoms with Gasteiger partial charge in [-0.1, -0.05) is 0 Å². The van der Waals surface area contributed by atoms with Gasteiger partial charge in [-0.2, -0.15) is 0 Å². The van der Waals surface area contributed by atoms with Gasteiger partial charge in [-0.3, -0.25) is 10.1 Å². The molecule has 1 rings (SSSR count). The first kappa shape index (κ1) is 13.2. The van der Waals surface area contributed by atoms with Gasteiger partial charge in [0.2, 0.25) is 0 Å². The summed E-state index contributed by atoms with van der Waals surface area (Å²) in [6.45, 7) is 0.115. The van der Waals surface area contributed by atoms with Crippen LogP contribution in [-0.2, 0) is 0 Å². The van der Waals surface area contributed by atoms with Crippen molar-refractivity contribution in [3.05, 3.63) is 27.9 Å². The van der Waals surface area contributed by atoms with Gasteiger partial charge in [-0.05, 0) is 12.5 Å². The van der Waals surface area contributed by atoms with Crippen molar-refractivity contribution in [2.75, 3.05) is 18.4 Å². The molecule has 0 aliphatic rings. The summed E-state index contributed by atoms with van der Waals surface area (Å²) in [5, 5.41) is 12.8. The highest BCUT2D eigenvalue weighted by Crippen LogP contribution is 2.19. The summed E-state index contributed by atoms with van der Waals surface area (Å²) in [6, 6.07) is 1.26. The number of nitro groups is 1. The summed E-state index contributed by atoms with van der Waals surface area (Å²) in [5.74, 6) is -2.85. The summed E-state index contributed by atoms with van der Waals surface area (Å²) in [5.41, 5.74) is 5.11. The predicted octanol–water partition coefficient (Wildman–Crippen LogP) is 1.30. The molecule has 0 aromatic carbocycles. The average Bonchev–Trinajstić information content (AvgIpc) is 2.27. The van der Waals surface area contributed by atoms with Crippen LogP contribution in [-0.4, -0.2) is 28.9 Å². The minimum Gasteiger partial charge on any atom is -0.364 e. The lowest BCUT2D eigenvalue weighted by atomic mass is 10.2. The number of nitrogens with one attached hydrogen (secondary N) is 1. The molecule has 0 fully saturated rings. The number of aromatic nitrogens is 1. The van der Waals surface area contributed by atoms with Crippen molar-refractivity contribution in [2.45, 2.75) is 12.8 Å². The van der Waals surface area contributed by atoms with Crippen LogP contribution in [0.5, 0.6) is 0 Å². The number of anilines is 1. The zero-order valence-corrected chi connectivity index (χ0v) is 9.11. The Bertz CT molecular complexity index is 425. The van der Waals surface area contributed by atoms with Crippen LogP contribution >= 0.6 is 0 Å². The van der Waals surface area contributed by atoms with Gasteiger partial charge in [0.15, 0.2) is 0 Å². The average molecular weight is 246 g/mol. The molecular weight excluding hydrogens is 234 g/mol. The maximum absolute atomic E-state index is 12.9. The minimum atomic E-state index is -3.03. The van der Waals surface area contributed by atoms with Gasteiger partial charge in [-0.15, -0.1) is 0 Å². The molecular formula is C9H12F2N4O2. The fourth-order valence-electron chi connectivity index (χ4n) is 1.13. The van der Waals surface area contributed by atoms with E-state index in [-0.39, 0.29) is 11.5 Å². The van der Waals surface area contributed by atoms with Crippen LogP contribution in [0.3, 0.4) is 0 Å². The van der Waals surface area contributed by atoms with Crippen LogP contribution in [0.2, 0.25) is 0 Å². The van der Waals surface area contributed by atoms with E-state index in [2.05, 4.69) is 10.3 Å². The minimum absolute atomic E-state index is 0.182. The standard InChI is InChI=1S/C9H12F2N4O2/c1-6-2-7(15(16)17)3-13-8(6)14-5-9(10,11)4-12/h2-3H,4-5,12H2,1H3,(H,13,14). The Labute approximate surface area is 96.0 Å². The van der Waals surface area contributed by atoms with E-state index in [0.717, 1.165) is 6.20 Å². The van der Waals surface area contributed by atoms with Crippen molar-refractivity contribution in [2.24, 2.45) is 5.73 Å². The fourth-order valence-corrected chi connectivity index (χ4v) is 1.13. The highest BCUT2D eigenvalue weighted by atomic mass is 19.3. The van der Waals surface area contributed by atoms with Crippen LogP contribution in [0.15, 0.2) is 12.3 Å². The zero-order chi connectivity index (χ0) is 13.1. The molecule has 94 valence electrons. The molecule has 0 atom stereocenters. The number of pyridine rings is 1. The summed E-state index contributed by atoms with van der Waals surface area (Å²) >= 11 is 0. The SMILES string of the molecule is Cc1cc([N+](=O)[O-])cnc1NCC(F)(F)CN. The Morgan fingerprint density at radius 1 is 1.65 bits per heavy atom. The molecule has 0 bridgehead atoms. The van der Waals surface area contributed by atoms with Gasteiger partial charge < -0.3 is 11.1 Å². The lowest BCUT2D eigenvalue weighted by Gasteiger charge is -2.15. The number of nitrogens with two attached hydrogens (primary N) is 1. The number of halogens is 2. The molecule has 0 saturated carbocycles. The van der Waals surface area contributed by atoms with E-state index in [1.807, 2.05) is 0 Å². The first-order valence-electron chi connectivity index (χ1n) is 4.78. The second kappa shape index (κ2) is 5.00. The van der Waals surface area contributed by atoms with E-state index in [9.17, 15) is 18.9 Å². The quantitative estimate of drug-likeness (QED) is 0.603. The zero-order valence-electron chi connectivity index (χ0n) is 9.11. The third-order valence-electron chi connectivity index (χ3n) is 2.09. The highest BCUT2D eigenvalue weighted by Gasteiger charge is 2.26. The molecule has 0 amide bonds. The Morgan fingerprint density at radius 3 is 2.76 bits per heavy atom. The molecule has 17 heavy (non-hydrogen) atoms. The van der Waals surface area contributed by atoms with Gasteiger partial charge in [0.25, 0.3) is 11.6 Å². The van der Waals surface area contributed by atoms with E-state index < -0.39 is 23.9 Å². The Balaban J connectivity index is 2.77. The second-order valence-electron chi connectivity index (χ2n) is 3.53. The van der Waals surface area contributed by atoms with Crippen LogP contribution < -0.4 is 11.1 Å². The topological polar surface area (TPSA) is 94.1 Å². The Hall–Kier alpha value is -1.83. The van der Waals surface area contributed by atoms with Crippen LogP contribution in [0.1, 0.15) is 5.56 Å². The molecule has 1 aromatic rings. The predicted molar refractivity (Wildman–Crippen MR) is 58.1 cm³/mol. The number of hydrogen-bond acceptors (Lipinski definition) is 5. The lowest BCUT2D eigenvalue weighted by Crippen LogP contribution is -2.35. The van der Waals surface area contributed by atoms with Gasteiger partial charge in [0.05, 0.1) is 18.0 Å². The van der Waals surface area contributed by atoms with Crippen molar-refractivity contribution >= 4 is 11.5 Å². The van der Waals surface area contributed by atoms with Crippen LogP contribution in [0.25, 0.3) is 0 Å². The third kappa shape index (κ3) is 3.59. The number of rotatable bonds is 5. The molecule has 0 unspecified atom stereocenters. The molecule has 0 aliphatic carbocycles. The second-order valence-corrected chi connectivity index (χ2v) is 3.53. The molecule has 0 saturated heterocycles. The van der Waals surface area contributed by atoms with E-state index >= 15 is 0 Å². The molecule has 1 heterocycles. The molecule has 0 radical (unpaired) electrons. The molecule has 3 N–H and O–H groups in total. The Kier molecular flexibility index (Phi) is 3.89. The Morgan fingerprint density at radius 2 is 2.29 bits per heavy atom. The summed E-state index contributed by atoms with van der Waals surface area (Å²) in [6.07, 6.45) is 1.01. The first-order chi connectivity index (χ1) is 7.85. The number of aryl methyl sites for hydroxylation is 1. The van der Waals surface area contributed by atoms with Gasteiger partial charge in [0, 0.05) is 6.07 Å². The van der Waals surface area contributed by atoms with Gasteiger partial charge in [-0.25, -0.2) is 13.8 Å². The highest BCUT2D eigenvalue weighted by molar-refractivity contribution is 5.48. The molecule has 6 nitrogen and oxygen atoms in total. The summed E-state index contributed by atoms with van der Waals surface area (Å²) in [7, 11) is 0. The van der Waals surface area contributed by atoms with Crippen molar-refractivity contribution in [3.8, 4) is 0 Å². The van der Waals surface area contributed by atoms with Crippen molar-refractivity contribution in [3.63, 3.8) is 0 Å². The van der Waals surface area contributed by atoms with E-state index in [4.69, 9.17) is 5.73 Å². The smallest absolute Gasteiger partial charge is 0.287 e. The van der Waals surface area contributed by atoms with Gasteiger partial charge in [0.1, 0.15) is 12.0 Å². The van der Waals surface area contributed by atoms with Crippen molar-refractivity contribution in [1.82, 2.24) is 4.98 Å². The normalized spacial score (nSPS) is 11.3. The maximum atomic E-state index is 12.9. The summed E-state index contributed by atoms with van der Waals surface area (Å²) in [4.78, 5) is 13.5. The monoisotopic (exact) mass is 246 g/mol. The van der Waals surface area contributed by atoms with Crippen LogP contribution in [0.4, 0.5) is 20.3 Å². The van der Waals surface area contributed by atoms with Crippen molar-refractivity contribution < 1.29 is 13.7 Å². The number of nitrogens with zero attached hydrogens (tertiary/aromatic N) is 2. The molecule has 8 heteroatoms. The first-order valence-corrected chi connectivity index (χ1v) is 4.78.